The molecule has 1 rings (SSSR count). The number of benzene rings is 1. The van der Waals surface area contributed by atoms with Crippen molar-refractivity contribution in [2.45, 2.75) is 13.3 Å². The van der Waals surface area contributed by atoms with Crippen molar-refractivity contribution in [2.24, 2.45) is 0 Å². The van der Waals surface area contributed by atoms with Gasteiger partial charge in [-0.3, -0.25) is 4.79 Å². The van der Waals surface area contributed by atoms with Crippen molar-refractivity contribution in [3.05, 3.63) is 29.6 Å². The van der Waals surface area contributed by atoms with Gasteiger partial charge in [0.05, 0.1) is 5.69 Å². The molecular formula is C9H10FNO. The average Bonchev–Trinajstić information content (AvgIpc) is 2.08. The molecule has 2 nitrogen and oxygen atoms in total. The quantitative estimate of drug-likeness (QED) is 0.540. The Kier molecular flexibility index (Phi) is 2.43. The molecule has 2 N–H and O–H groups in total. The second kappa shape index (κ2) is 3.34. The standard InChI is InChI=1S/C9H10FNO/c1-2-8(12)6-4-3-5-7(10)9(6)11/h3-5H,2,11H2,1H3. The largest absolute Gasteiger partial charge is 0.396 e. The van der Waals surface area contributed by atoms with Crippen molar-refractivity contribution >= 4 is 11.5 Å². The summed E-state index contributed by atoms with van der Waals surface area (Å²) in [6.07, 6.45) is 0.341. The van der Waals surface area contributed by atoms with E-state index < -0.39 is 5.82 Å². The Morgan fingerprint density at radius 2 is 2.25 bits per heavy atom. The van der Waals surface area contributed by atoms with Gasteiger partial charge in [-0.1, -0.05) is 13.0 Å². The van der Waals surface area contributed by atoms with Crippen LogP contribution >= 0.6 is 0 Å². The van der Waals surface area contributed by atoms with E-state index in [1.54, 1.807) is 6.92 Å². The molecule has 0 fully saturated rings. The number of halogens is 1. The number of carbonyl (C=O) groups excluding carboxylic acids is 1. The van der Waals surface area contributed by atoms with E-state index in [-0.39, 0.29) is 17.0 Å². The highest BCUT2D eigenvalue weighted by atomic mass is 19.1. The summed E-state index contributed by atoms with van der Waals surface area (Å²) in [6.45, 7) is 1.71. The predicted molar refractivity (Wildman–Crippen MR) is 45.4 cm³/mol. The predicted octanol–water partition coefficient (Wildman–Crippen LogP) is 2.00. The Morgan fingerprint density at radius 1 is 1.58 bits per heavy atom. The van der Waals surface area contributed by atoms with Crippen molar-refractivity contribution in [3.63, 3.8) is 0 Å². The number of hydrogen-bond donors (Lipinski definition) is 1. The van der Waals surface area contributed by atoms with Crippen LogP contribution in [-0.4, -0.2) is 5.78 Å². The van der Waals surface area contributed by atoms with Crippen LogP contribution in [-0.2, 0) is 0 Å². The number of nitrogen functional groups attached to an aromatic ring is 1. The lowest BCUT2D eigenvalue weighted by atomic mass is 10.1. The number of ketones is 1. The maximum absolute atomic E-state index is 12.8. The van der Waals surface area contributed by atoms with Crippen LogP contribution in [0.4, 0.5) is 10.1 Å². The Labute approximate surface area is 70.2 Å². The van der Waals surface area contributed by atoms with Crippen molar-refractivity contribution < 1.29 is 9.18 Å². The normalized spacial score (nSPS) is 9.83. The Bertz CT molecular complexity index is 309. The zero-order valence-corrected chi connectivity index (χ0v) is 6.80. The van der Waals surface area contributed by atoms with Crippen molar-refractivity contribution in [1.29, 1.82) is 0 Å². The van der Waals surface area contributed by atoms with E-state index in [2.05, 4.69) is 0 Å². The molecule has 0 spiro atoms. The summed E-state index contributed by atoms with van der Waals surface area (Å²) in [5.41, 5.74) is 5.59. The number of nitrogens with two attached hydrogens (primary N) is 1. The third kappa shape index (κ3) is 1.44. The molecule has 0 heterocycles. The highest BCUT2D eigenvalue weighted by molar-refractivity contribution is 6.00. The van der Waals surface area contributed by atoms with Gasteiger partial charge in [-0.2, -0.15) is 0 Å². The van der Waals surface area contributed by atoms with E-state index in [9.17, 15) is 9.18 Å². The molecule has 3 heteroatoms. The first-order chi connectivity index (χ1) is 5.66. The molecule has 0 bridgehead atoms. The monoisotopic (exact) mass is 167 g/mol. The average molecular weight is 167 g/mol. The molecule has 12 heavy (non-hydrogen) atoms. The highest BCUT2D eigenvalue weighted by Gasteiger charge is 2.09. The molecule has 1 aromatic rings. The lowest BCUT2D eigenvalue weighted by molar-refractivity contribution is 0.0988. The van der Waals surface area contributed by atoms with Crippen LogP contribution in [0, 0.1) is 5.82 Å². The summed E-state index contributed by atoms with van der Waals surface area (Å²) in [6, 6.07) is 4.25. The third-order valence-corrected chi connectivity index (χ3v) is 1.67. The van der Waals surface area contributed by atoms with Crippen LogP contribution < -0.4 is 5.73 Å². The lowest BCUT2D eigenvalue weighted by Gasteiger charge is -2.02. The summed E-state index contributed by atoms with van der Waals surface area (Å²) < 4.78 is 12.8. The molecular weight excluding hydrogens is 157 g/mol. The van der Waals surface area contributed by atoms with Gasteiger partial charge in [-0.25, -0.2) is 4.39 Å². The van der Waals surface area contributed by atoms with Crippen LogP contribution in [0.15, 0.2) is 18.2 Å². The molecule has 0 aromatic heterocycles. The highest BCUT2D eigenvalue weighted by Crippen LogP contribution is 2.16. The summed E-state index contributed by atoms with van der Waals surface area (Å²) in [7, 11) is 0. The van der Waals surface area contributed by atoms with Gasteiger partial charge < -0.3 is 5.73 Å². The summed E-state index contributed by atoms with van der Waals surface area (Å²) in [5.74, 6) is -0.665. The molecule has 1 aromatic carbocycles. The van der Waals surface area contributed by atoms with E-state index in [4.69, 9.17) is 5.73 Å². The number of hydrogen-bond acceptors (Lipinski definition) is 2. The summed E-state index contributed by atoms with van der Waals surface area (Å²) in [4.78, 5) is 11.1. The van der Waals surface area contributed by atoms with Crippen LogP contribution in [0.5, 0.6) is 0 Å². The van der Waals surface area contributed by atoms with Gasteiger partial charge in [0.2, 0.25) is 0 Å². The van der Waals surface area contributed by atoms with Gasteiger partial charge >= 0.3 is 0 Å². The van der Waals surface area contributed by atoms with Gasteiger partial charge in [0.15, 0.2) is 5.78 Å². The number of rotatable bonds is 2. The first-order valence-electron chi connectivity index (χ1n) is 3.74. The van der Waals surface area contributed by atoms with Gasteiger partial charge in [-0.05, 0) is 12.1 Å². The van der Waals surface area contributed by atoms with Crippen molar-refractivity contribution in [2.75, 3.05) is 5.73 Å². The molecule has 0 saturated heterocycles. The fourth-order valence-electron chi connectivity index (χ4n) is 0.971. The second-order valence-electron chi connectivity index (χ2n) is 2.48. The van der Waals surface area contributed by atoms with Crippen molar-refractivity contribution in [3.8, 4) is 0 Å². The fourth-order valence-corrected chi connectivity index (χ4v) is 0.971. The number of anilines is 1. The van der Waals surface area contributed by atoms with Crippen LogP contribution in [0.1, 0.15) is 23.7 Å². The molecule has 0 unspecified atom stereocenters. The Morgan fingerprint density at radius 3 is 2.83 bits per heavy atom. The van der Waals surface area contributed by atoms with E-state index in [0.29, 0.717) is 6.42 Å². The second-order valence-corrected chi connectivity index (χ2v) is 2.48. The minimum atomic E-state index is -0.533. The lowest BCUT2D eigenvalue weighted by Crippen LogP contribution is -2.03. The molecule has 64 valence electrons. The van der Waals surface area contributed by atoms with Crippen LogP contribution in [0.3, 0.4) is 0 Å². The molecule has 0 aliphatic heterocycles. The maximum Gasteiger partial charge on any atom is 0.164 e. The smallest absolute Gasteiger partial charge is 0.164 e. The molecule has 0 amide bonds. The van der Waals surface area contributed by atoms with E-state index in [0.717, 1.165) is 0 Å². The minimum absolute atomic E-state index is 0.0515. The number of carbonyl (C=O) groups is 1. The van der Waals surface area contributed by atoms with E-state index >= 15 is 0 Å². The third-order valence-electron chi connectivity index (χ3n) is 1.67. The zero-order chi connectivity index (χ0) is 9.14. The van der Waals surface area contributed by atoms with Gasteiger partial charge in [-0.15, -0.1) is 0 Å². The van der Waals surface area contributed by atoms with Gasteiger partial charge in [0, 0.05) is 12.0 Å². The van der Waals surface area contributed by atoms with Crippen molar-refractivity contribution in [1.82, 2.24) is 0 Å². The number of Topliss-reactive ketones (excluding diaryl/α,β-unsaturated/α-hetero) is 1. The Balaban J connectivity index is 3.16. The summed E-state index contributed by atoms with van der Waals surface area (Å²) >= 11 is 0. The zero-order valence-electron chi connectivity index (χ0n) is 6.80. The van der Waals surface area contributed by atoms with Crippen LogP contribution in [0.25, 0.3) is 0 Å². The van der Waals surface area contributed by atoms with E-state index in [1.807, 2.05) is 0 Å². The summed E-state index contributed by atoms with van der Waals surface area (Å²) in [5, 5.41) is 0. The fraction of sp³-hybridized carbons (Fsp3) is 0.222. The first kappa shape index (κ1) is 8.71. The molecule has 0 atom stereocenters. The van der Waals surface area contributed by atoms with E-state index in [1.165, 1.54) is 18.2 Å². The SMILES string of the molecule is CCC(=O)c1cccc(F)c1N. The molecule has 0 aliphatic rings. The Hall–Kier alpha value is -1.38. The molecule has 0 saturated carbocycles. The molecule has 0 aliphatic carbocycles. The van der Waals surface area contributed by atoms with Gasteiger partial charge in [0.25, 0.3) is 0 Å². The number of para-hydroxylation sites is 1. The van der Waals surface area contributed by atoms with Gasteiger partial charge in [0.1, 0.15) is 5.82 Å². The first-order valence-corrected chi connectivity index (χ1v) is 3.74. The topological polar surface area (TPSA) is 43.1 Å². The van der Waals surface area contributed by atoms with Crippen LogP contribution in [0.2, 0.25) is 0 Å². The molecule has 0 radical (unpaired) electrons. The maximum atomic E-state index is 12.8. The minimum Gasteiger partial charge on any atom is -0.396 e.